The van der Waals surface area contributed by atoms with Crippen molar-refractivity contribution in [1.29, 1.82) is 0 Å². The number of nitrogens with one attached hydrogen (secondary N) is 1. The van der Waals surface area contributed by atoms with Gasteiger partial charge in [-0.2, -0.15) is 4.98 Å². The summed E-state index contributed by atoms with van der Waals surface area (Å²) in [4.78, 5) is 18.7. The van der Waals surface area contributed by atoms with E-state index in [0.717, 1.165) is 37.1 Å². The largest absolute Gasteiger partial charge is 0.339 e. The molecular formula is C20H30ClN5O2. The van der Waals surface area contributed by atoms with Crippen molar-refractivity contribution in [3.05, 3.63) is 35.7 Å². The highest BCUT2D eigenvalue weighted by Gasteiger charge is 2.25. The van der Waals surface area contributed by atoms with Crippen molar-refractivity contribution < 1.29 is 9.32 Å². The minimum atomic E-state index is 0. The van der Waals surface area contributed by atoms with Gasteiger partial charge >= 0.3 is 6.03 Å². The standard InChI is InChI=1S/C20H29N5O2.ClH/c1-14(2)12-22-20(26)25-9-3-4-16(13-25)10-18-23-19(24-27-18)17-7-5-15(11-21)6-8-17;/h5-8,14,16H,3-4,9-13,21H2,1-2H3,(H,22,26);1H. The average Bonchev–Trinajstić information content (AvgIpc) is 3.14. The van der Waals surface area contributed by atoms with E-state index in [1.54, 1.807) is 0 Å². The highest BCUT2D eigenvalue weighted by molar-refractivity contribution is 5.85. The van der Waals surface area contributed by atoms with Gasteiger partial charge in [0, 0.05) is 38.2 Å². The van der Waals surface area contributed by atoms with Gasteiger partial charge in [-0.1, -0.05) is 43.3 Å². The van der Waals surface area contributed by atoms with E-state index in [1.807, 2.05) is 29.2 Å². The third-order valence-corrected chi connectivity index (χ3v) is 4.85. The first-order chi connectivity index (χ1) is 13.0. The molecule has 8 heteroatoms. The van der Waals surface area contributed by atoms with Crippen LogP contribution in [-0.2, 0) is 13.0 Å². The molecule has 0 saturated carbocycles. The molecule has 2 heterocycles. The zero-order valence-corrected chi connectivity index (χ0v) is 17.4. The van der Waals surface area contributed by atoms with E-state index in [2.05, 4.69) is 29.3 Å². The molecule has 0 spiro atoms. The van der Waals surface area contributed by atoms with Gasteiger partial charge in [0.25, 0.3) is 0 Å². The number of carbonyl (C=O) groups is 1. The third kappa shape index (κ3) is 5.94. The Hall–Kier alpha value is -2.12. The van der Waals surface area contributed by atoms with Crippen LogP contribution < -0.4 is 11.1 Å². The number of urea groups is 1. The van der Waals surface area contributed by atoms with Crippen LogP contribution in [0.25, 0.3) is 11.4 Å². The van der Waals surface area contributed by atoms with Gasteiger partial charge in [-0.05, 0) is 30.2 Å². The summed E-state index contributed by atoms with van der Waals surface area (Å²) >= 11 is 0. The molecule has 3 rings (SSSR count). The van der Waals surface area contributed by atoms with E-state index < -0.39 is 0 Å². The van der Waals surface area contributed by atoms with Gasteiger partial charge in [0.2, 0.25) is 11.7 Å². The Morgan fingerprint density at radius 3 is 2.79 bits per heavy atom. The van der Waals surface area contributed by atoms with E-state index in [9.17, 15) is 4.79 Å². The maximum atomic E-state index is 12.3. The second kappa shape index (κ2) is 10.4. The molecule has 1 unspecified atom stereocenters. The molecule has 1 saturated heterocycles. The number of piperidine rings is 1. The number of hydrogen-bond acceptors (Lipinski definition) is 5. The highest BCUT2D eigenvalue weighted by atomic mass is 35.5. The molecule has 0 bridgehead atoms. The fourth-order valence-corrected chi connectivity index (χ4v) is 3.31. The number of amides is 2. The number of nitrogens with zero attached hydrogens (tertiary/aromatic N) is 3. The van der Waals surface area contributed by atoms with E-state index >= 15 is 0 Å². The molecule has 1 atom stereocenters. The van der Waals surface area contributed by atoms with Gasteiger partial charge in [-0.25, -0.2) is 4.79 Å². The van der Waals surface area contributed by atoms with Crippen molar-refractivity contribution >= 4 is 18.4 Å². The van der Waals surface area contributed by atoms with E-state index in [1.165, 1.54) is 0 Å². The lowest BCUT2D eigenvalue weighted by atomic mass is 9.95. The second-order valence-corrected chi connectivity index (χ2v) is 7.65. The number of hydrogen-bond donors (Lipinski definition) is 2. The smallest absolute Gasteiger partial charge is 0.317 e. The van der Waals surface area contributed by atoms with Crippen LogP contribution >= 0.6 is 12.4 Å². The second-order valence-electron chi connectivity index (χ2n) is 7.65. The Labute approximate surface area is 172 Å². The predicted octanol–water partition coefficient (Wildman–Crippen LogP) is 3.24. The SMILES string of the molecule is CC(C)CNC(=O)N1CCCC(Cc2nc(-c3ccc(CN)cc3)no2)C1.Cl. The van der Waals surface area contributed by atoms with Crippen LogP contribution in [0.3, 0.4) is 0 Å². The number of likely N-dealkylation sites (tertiary alicyclic amines) is 1. The zero-order valence-electron chi connectivity index (χ0n) is 16.6. The van der Waals surface area contributed by atoms with Crippen molar-refractivity contribution in [1.82, 2.24) is 20.4 Å². The number of carbonyl (C=O) groups excluding carboxylic acids is 1. The van der Waals surface area contributed by atoms with E-state index in [-0.39, 0.29) is 18.4 Å². The van der Waals surface area contributed by atoms with Gasteiger partial charge in [0.05, 0.1) is 0 Å². The fourth-order valence-electron chi connectivity index (χ4n) is 3.31. The van der Waals surface area contributed by atoms with Crippen LogP contribution in [-0.4, -0.2) is 40.7 Å². The molecule has 0 radical (unpaired) electrons. The minimum absolute atomic E-state index is 0. The maximum Gasteiger partial charge on any atom is 0.317 e. The van der Waals surface area contributed by atoms with Gasteiger partial charge in [0.15, 0.2) is 0 Å². The van der Waals surface area contributed by atoms with E-state index in [4.69, 9.17) is 10.3 Å². The summed E-state index contributed by atoms with van der Waals surface area (Å²) in [6.45, 7) is 6.94. The highest BCUT2D eigenvalue weighted by Crippen LogP contribution is 2.22. The topological polar surface area (TPSA) is 97.3 Å². The Balaban J connectivity index is 0.00000280. The lowest BCUT2D eigenvalue weighted by molar-refractivity contribution is 0.161. The molecule has 1 aliphatic heterocycles. The van der Waals surface area contributed by atoms with Crippen molar-refractivity contribution in [2.45, 2.75) is 39.7 Å². The molecule has 3 N–H and O–H groups in total. The number of aromatic nitrogens is 2. The van der Waals surface area contributed by atoms with E-state index in [0.29, 0.717) is 43.1 Å². The van der Waals surface area contributed by atoms with Crippen molar-refractivity contribution in [2.75, 3.05) is 19.6 Å². The number of halogens is 1. The zero-order chi connectivity index (χ0) is 19.2. The van der Waals surface area contributed by atoms with Crippen LogP contribution in [0.1, 0.15) is 38.1 Å². The average molecular weight is 408 g/mol. The molecule has 2 aromatic rings. The fraction of sp³-hybridized carbons (Fsp3) is 0.550. The van der Waals surface area contributed by atoms with Crippen LogP contribution in [0.5, 0.6) is 0 Å². The monoisotopic (exact) mass is 407 g/mol. The molecule has 0 aliphatic carbocycles. The molecule has 1 aliphatic rings. The molecule has 7 nitrogen and oxygen atoms in total. The van der Waals surface area contributed by atoms with Gasteiger partial charge in [0.1, 0.15) is 0 Å². The number of rotatable bonds is 6. The summed E-state index contributed by atoms with van der Waals surface area (Å²) in [5.41, 5.74) is 7.62. The first kappa shape index (κ1) is 22.2. The third-order valence-electron chi connectivity index (χ3n) is 4.85. The van der Waals surface area contributed by atoms with Crippen LogP contribution in [0.4, 0.5) is 4.79 Å². The summed E-state index contributed by atoms with van der Waals surface area (Å²) < 4.78 is 5.45. The molecule has 154 valence electrons. The van der Waals surface area contributed by atoms with Crippen LogP contribution in [0, 0.1) is 11.8 Å². The lowest BCUT2D eigenvalue weighted by Crippen LogP contribution is -2.46. The number of benzene rings is 1. The summed E-state index contributed by atoms with van der Waals surface area (Å²) in [7, 11) is 0. The molecule has 1 aromatic carbocycles. The van der Waals surface area contributed by atoms with Crippen LogP contribution in [0.15, 0.2) is 28.8 Å². The van der Waals surface area contributed by atoms with Gasteiger partial charge < -0.3 is 20.5 Å². The Kier molecular flexibility index (Phi) is 8.26. The summed E-state index contributed by atoms with van der Waals surface area (Å²) in [6.07, 6.45) is 2.76. The maximum absolute atomic E-state index is 12.3. The van der Waals surface area contributed by atoms with Crippen molar-refractivity contribution in [2.24, 2.45) is 17.6 Å². The normalized spacial score (nSPS) is 16.7. The van der Waals surface area contributed by atoms with Crippen molar-refractivity contribution in [3.63, 3.8) is 0 Å². The summed E-state index contributed by atoms with van der Waals surface area (Å²) in [5, 5.41) is 7.10. The van der Waals surface area contributed by atoms with Gasteiger partial charge in [-0.15, -0.1) is 12.4 Å². The molecule has 2 amide bonds. The molecular weight excluding hydrogens is 378 g/mol. The first-order valence-electron chi connectivity index (χ1n) is 9.70. The Morgan fingerprint density at radius 1 is 1.36 bits per heavy atom. The quantitative estimate of drug-likeness (QED) is 0.766. The van der Waals surface area contributed by atoms with Gasteiger partial charge in [-0.3, -0.25) is 0 Å². The number of nitrogens with two attached hydrogens (primary N) is 1. The lowest BCUT2D eigenvalue weighted by Gasteiger charge is -2.32. The Bertz CT molecular complexity index is 747. The predicted molar refractivity (Wildman–Crippen MR) is 111 cm³/mol. The van der Waals surface area contributed by atoms with Crippen molar-refractivity contribution in [3.8, 4) is 11.4 Å². The molecule has 1 fully saturated rings. The summed E-state index contributed by atoms with van der Waals surface area (Å²) in [6, 6.07) is 7.89. The summed E-state index contributed by atoms with van der Waals surface area (Å²) in [5.74, 6) is 2.01. The Morgan fingerprint density at radius 2 is 2.11 bits per heavy atom. The first-order valence-corrected chi connectivity index (χ1v) is 9.70. The molecule has 1 aromatic heterocycles. The minimum Gasteiger partial charge on any atom is -0.339 e. The van der Waals surface area contributed by atoms with Crippen LogP contribution in [0.2, 0.25) is 0 Å². The molecule has 28 heavy (non-hydrogen) atoms.